The number of amides is 1. The van der Waals surface area contributed by atoms with Crippen molar-refractivity contribution >= 4 is 18.0 Å². The van der Waals surface area contributed by atoms with Crippen molar-refractivity contribution in [2.24, 2.45) is 0 Å². The smallest absolute Gasteiger partial charge is 0.409 e. The summed E-state index contributed by atoms with van der Waals surface area (Å²) in [5.41, 5.74) is 0. The van der Waals surface area contributed by atoms with Gasteiger partial charge in [-0.3, -0.25) is 9.59 Å². The fraction of sp³-hybridized carbons (Fsp3) is 0.750. The van der Waals surface area contributed by atoms with Gasteiger partial charge in [-0.2, -0.15) is 0 Å². The van der Waals surface area contributed by atoms with E-state index in [4.69, 9.17) is 9.47 Å². The van der Waals surface area contributed by atoms with E-state index in [0.717, 1.165) is 0 Å². The third kappa shape index (κ3) is 8.01. The first-order valence-electron chi connectivity index (χ1n) is 6.19. The minimum Gasteiger partial charge on any atom is -0.466 e. The van der Waals surface area contributed by atoms with Crippen LogP contribution in [-0.4, -0.2) is 56.3 Å². The molecule has 110 valence electrons. The van der Waals surface area contributed by atoms with E-state index >= 15 is 0 Å². The van der Waals surface area contributed by atoms with Gasteiger partial charge in [-0.05, 0) is 13.8 Å². The van der Waals surface area contributed by atoms with E-state index in [9.17, 15) is 14.4 Å². The lowest BCUT2D eigenvalue weighted by molar-refractivity contribution is -0.143. The fourth-order valence-corrected chi connectivity index (χ4v) is 1.34. The number of carbonyl (C=O) groups excluding carboxylic acids is 3. The van der Waals surface area contributed by atoms with Gasteiger partial charge in [0.25, 0.3) is 0 Å². The van der Waals surface area contributed by atoms with Crippen LogP contribution in [0.25, 0.3) is 0 Å². The second-order valence-electron chi connectivity index (χ2n) is 3.57. The third-order valence-electron chi connectivity index (χ3n) is 2.22. The van der Waals surface area contributed by atoms with Gasteiger partial charge in [-0.1, -0.05) is 0 Å². The van der Waals surface area contributed by atoms with Crippen LogP contribution in [0.3, 0.4) is 0 Å². The number of ether oxygens (including phenoxy) is 3. The highest BCUT2D eigenvalue weighted by Gasteiger charge is 2.17. The standard InChI is InChI=1S/C12H21NO6/c1-4-18-10(14)6-8-13(12(16)17-3)9-7-11(15)19-5-2/h4-9H2,1-3H3. The van der Waals surface area contributed by atoms with Crippen molar-refractivity contribution in [2.75, 3.05) is 33.4 Å². The van der Waals surface area contributed by atoms with Crippen LogP contribution in [0.15, 0.2) is 0 Å². The molecule has 0 aromatic rings. The van der Waals surface area contributed by atoms with E-state index in [2.05, 4.69) is 4.74 Å². The Hall–Kier alpha value is -1.79. The fourth-order valence-electron chi connectivity index (χ4n) is 1.34. The summed E-state index contributed by atoms with van der Waals surface area (Å²) >= 11 is 0. The minimum atomic E-state index is -0.589. The van der Waals surface area contributed by atoms with Gasteiger partial charge in [-0.25, -0.2) is 4.79 Å². The molecule has 0 bridgehead atoms. The maximum Gasteiger partial charge on any atom is 0.409 e. The second kappa shape index (κ2) is 10.2. The van der Waals surface area contributed by atoms with Crippen molar-refractivity contribution in [3.8, 4) is 0 Å². The Balaban J connectivity index is 4.20. The average molecular weight is 275 g/mol. The molecule has 0 spiro atoms. The van der Waals surface area contributed by atoms with Crippen molar-refractivity contribution < 1.29 is 28.6 Å². The zero-order valence-electron chi connectivity index (χ0n) is 11.6. The van der Waals surface area contributed by atoms with Gasteiger partial charge in [0, 0.05) is 13.1 Å². The SMILES string of the molecule is CCOC(=O)CCN(CCC(=O)OCC)C(=O)OC. The van der Waals surface area contributed by atoms with Gasteiger partial charge >= 0.3 is 18.0 Å². The number of methoxy groups -OCH3 is 1. The van der Waals surface area contributed by atoms with E-state index in [-0.39, 0.29) is 25.9 Å². The Morgan fingerprint density at radius 2 is 1.32 bits per heavy atom. The maximum atomic E-state index is 11.5. The van der Waals surface area contributed by atoms with Gasteiger partial charge in [0.15, 0.2) is 0 Å². The van der Waals surface area contributed by atoms with Crippen LogP contribution < -0.4 is 0 Å². The summed E-state index contributed by atoms with van der Waals surface area (Å²) in [6.07, 6.45) is -0.467. The molecule has 0 aromatic carbocycles. The molecule has 7 nitrogen and oxygen atoms in total. The Morgan fingerprint density at radius 1 is 0.895 bits per heavy atom. The number of nitrogens with zero attached hydrogens (tertiary/aromatic N) is 1. The molecule has 0 aliphatic heterocycles. The Bertz CT molecular complexity index is 283. The zero-order chi connectivity index (χ0) is 14.7. The first-order chi connectivity index (χ1) is 9.04. The van der Waals surface area contributed by atoms with E-state index in [1.807, 2.05) is 0 Å². The van der Waals surface area contributed by atoms with Crippen LogP contribution in [0.5, 0.6) is 0 Å². The highest BCUT2D eigenvalue weighted by molar-refractivity contribution is 5.73. The van der Waals surface area contributed by atoms with Crippen LogP contribution in [0.1, 0.15) is 26.7 Å². The lowest BCUT2D eigenvalue weighted by Gasteiger charge is -2.20. The van der Waals surface area contributed by atoms with Gasteiger partial charge < -0.3 is 19.1 Å². The first-order valence-corrected chi connectivity index (χ1v) is 6.19. The lowest BCUT2D eigenvalue weighted by atomic mass is 10.3. The molecule has 0 saturated carbocycles. The summed E-state index contributed by atoms with van der Waals surface area (Å²) in [7, 11) is 1.24. The lowest BCUT2D eigenvalue weighted by Crippen LogP contribution is -2.35. The minimum absolute atomic E-state index is 0.0613. The number of esters is 2. The molecule has 0 aliphatic carbocycles. The summed E-state index contributed by atoms with van der Waals surface area (Å²) in [4.78, 5) is 35.1. The van der Waals surface area contributed by atoms with Crippen molar-refractivity contribution in [3.63, 3.8) is 0 Å². The normalized spacial score (nSPS) is 9.63. The first kappa shape index (κ1) is 17.2. The molecule has 0 heterocycles. The topological polar surface area (TPSA) is 82.1 Å². The van der Waals surface area contributed by atoms with Crippen LogP contribution in [0.2, 0.25) is 0 Å². The van der Waals surface area contributed by atoms with E-state index in [1.165, 1.54) is 12.0 Å². The molecule has 0 radical (unpaired) electrons. The molecule has 0 atom stereocenters. The molecule has 0 aliphatic rings. The van der Waals surface area contributed by atoms with Crippen LogP contribution in [0, 0.1) is 0 Å². The van der Waals surface area contributed by atoms with E-state index < -0.39 is 18.0 Å². The summed E-state index contributed by atoms with van der Waals surface area (Å²) in [6.45, 7) is 4.28. The van der Waals surface area contributed by atoms with Crippen molar-refractivity contribution in [1.82, 2.24) is 4.90 Å². The highest BCUT2D eigenvalue weighted by Crippen LogP contribution is 2.00. The Morgan fingerprint density at radius 3 is 1.63 bits per heavy atom. The van der Waals surface area contributed by atoms with Gasteiger partial charge in [0.2, 0.25) is 0 Å². The molecular formula is C12H21NO6. The van der Waals surface area contributed by atoms with Gasteiger partial charge in [0.1, 0.15) is 0 Å². The van der Waals surface area contributed by atoms with Gasteiger partial charge in [0.05, 0.1) is 33.2 Å². The molecule has 19 heavy (non-hydrogen) atoms. The average Bonchev–Trinajstić information content (AvgIpc) is 2.38. The van der Waals surface area contributed by atoms with Gasteiger partial charge in [-0.15, -0.1) is 0 Å². The zero-order valence-corrected chi connectivity index (χ0v) is 11.6. The van der Waals surface area contributed by atoms with E-state index in [1.54, 1.807) is 13.8 Å². The number of rotatable bonds is 8. The maximum absolute atomic E-state index is 11.5. The van der Waals surface area contributed by atoms with Crippen molar-refractivity contribution in [2.45, 2.75) is 26.7 Å². The molecule has 0 saturated heterocycles. The molecule has 0 unspecified atom stereocenters. The molecule has 0 rings (SSSR count). The number of hydrogen-bond acceptors (Lipinski definition) is 6. The quantitative estimate of drug-likeness (QED) is 0.485. The number of hydrogen-bond donors (Lipinski definition) is 0. The monoisotopic (exact) mass is 275 g/mol. The summed E-state index contributed by atoms with van der Waals surface area (Å²) in [5.74, 6) is -0.792. The van der Waals surface area contributed by atoms with Crippen LogP contribution in [0.4, 0.5) is 4.79 Å². The molecule has 0 fully saturated rings. The van der Waals surface area contributed by atoms with Crippen molar-refractivity contribution in [1.29, 1.82) is 0 Å². The Labute approximate surface area is 112 Å². The molecule has 7 heteroatoms. The molecule has 1 amide bonds. The van der Waals surface area contributed by atoms with E-state index in [0.29, 0.717) is 13.2 Å². The number of carbonyl (C=O) groups is 3. The molecular weight excluding hydrogens is 254 g/mol. The largest absolute Gasteiger partial charge is 0.466 e. The second-order valence-corrected chi connectivity index (χ2v) is 3.57. The highest BCUT2D eigenvalue weighted by atomic mass is 16.5. The van der Waals surface area contributed by atoms with Crippen molar-refractivity contribution in [3.05, 3.63) is 0 Å². The predicted molar refractivity (Wildman–Crippen MR) is 66.5 cm³/mol. The molecule has 0 N–H and O–H groups in total. The summed E-state index contributed by atoms with van der Waals surface area (Å²) in [6, 6.07) is 0. The Kier molecular flexibility index (Phi) is 9.20. The predicted octanol–water partition coefficient (Wildman–Crippen LogP) is 0.961. The van der Waals surface area contributed by atoms with Crippen LogP contribution in [-0.2, 0) is 23.8 Å². The van der Waals surface area contributed by atoms with Crippen LogP contribution >= 0.6 is 0 Å². The summed E-state index contributed by atoms with van der Waals surface area (Å²) in [5, 5.41) is 0. The summed E-state index contributed by atoms with van der Waals surface area (Å²) < 4.78 is 14.1. The third-order valence-corrected chi connectivity index (χ3v) is 2.22. The molecule has 0 aromatic heterocycles.